The lowest BCUT2D eigenvalue weighted by Crippen LogP contribution is -2.23. The van der Waals surface area contributed by atoms with Gasteiger partial charge in [-0.2, -0.15) is 5.26 Å². The van der Waals surface area contributed by atoms with E-state index in [9.17, 15) is 5.11 Å². The van der Waals surface area contributed by atoms with Crippen molar-refractivity contribution in [2.75, 3.05) is 7.11 Å². The number of ether oxygens (including phenoxy) is 1. The fraction of sp³-hybridized carbons (Fsp3) is 0.190. The molecule has 1 atom stereocenters. The highest BCUT2D eigenvalue weighted by Crippen LogP contribution is 2.42. The van der Waals surface area contributed by atoms with Crippen LogP contribution in [0, 0.1) is 18.3 Å². The zero-order chi connectivity index (χ0) is 18.5. The van der Waals surface area contributed by atoms with E-state index in [-0.39, 0.29) is 0 Å². The third-order valence-corrected chi connectivity index (χ3v) is 4.84. The van der Waals surface area contributed by atoms with Crippen molar-refractivity contribution in [3.8, 4) is 11.8 Å². The Bertz CT molecular complexity index is 1180. The van der Waals surface area contributed by atoms with Crippen LogP contribution in [0.1, 0.15) is 29.4 Å². The van der Waals surface area contributed by atoms with E-state index in [1.165, 1.54) is 0 Å². The van der Waals surface area contributed by atoms with Gasteiger partial charge in [-0.05, 0) is 55.8 Å². The number of aryl methyl sites for hydroxylation is 1. The average Bonchev–Trinajstić information content (AvgIpc) is 3.27. The number of aliphatic hydroxyl groups is 1. The van der Waals surface area contributed by atoms with Gasteiger partial charge in [-0.25, -0.2) is 0 Å². The van der Waals surface area contributed by atoms with Crippen molar-refractivity contribution < 1.29 is 14.3 Å². The zero-order valence-corrected chi connectivity index (χ0v) is 14.8. The van der Waals surface area contributed by atoms with Gasteiger partial charge in [-0.3, -0.25) is 0 Å². The second-order valence-electron chi connectivity index (χ2n) is 6.58. The lowest BCUT2D eigenvalue weighted by Gasteiger charge is -2.25. The molecule has 130 valence electrons. The van der Waals surface area contributed by atoms with E-state index < -0.39 is 5.60 Å². The van der Waals surface area contributed by atoms with Crippen molar-refractivity contribution in [1.29, 1.82) is 5.26 Å². The molecule has 0 amide bonds. The van der Waals surface area contributed by atoms with E-state index in [0.717, 1.165) is 21.9 Å². The molecule has 5 nitrogen and oxygen atoms in total. The molecule has 4 rings (SSSR count). The van der Waals surface area contributed by atoms with Gasteiger partial charge in [0.2, 0.25) is 0 Å². The van der Waals surface area contributed by atoms with Crippen molar-refractivity contribution in [3.05, 3.63) is 65.0 Å². The summed E-state index contributed by atoms with van der Waals surface area (Å²) in [7, 11) is 1.59. The Morgan fingerprint density at radius 2 is 2.04 bits per heavy atom. The highest BCUT2D eigenvalue weighted by atomic mass is 16.5. The van der Waals surface area contributed by atoms with Crippen LogP contribution in [-0.2, 0) is 5.60 Å². The number of hydrogen-bond acceptors (Lipinski definition) is 4. The number of rotatable bonds is 3. The Kier molecular flexibility index (Phi) is 3.53. The molecule has 26 heavy (non-hydrogen) atoms. The number of hydrogen-bond donors (Lipinski definition) is 2. The maximum absolute atomic E-state index is 11.5. The standard InChI is InChI=1S/C21H18N2O3/c1-12-8-17(25-3)19(15-6-7-23-20(12)15)21(2,24)18-10-14-9-13(11-22)4-5-16(14)26-18/h4-10,23-24H,1-3H3. The summed E-state index contributed by atoms with van der Waals surface area (Å²) in [6.07, 6.45) is 1.84. The van der Waals surface area contributed by atoms with Crippen LogP contribution in [0.25, 0.3) is 21.9 Å². The summed E-state index contributed by atoms with van der Waals surface area (Å²) >= 11 is 0. The molecule has 0 radical (unpaired) electrons. The van der Waals surface area contributed by atoms with Crippen LogP contribution in [0.15, 0.2) is 47.0 Å². The van der Waals surface area contributed by atoms with E-state index in [4.69, 9.17) is 14.4 Å². The molecule has 2 heterocycles. The summed E-state index contributed by atoms with van der Waals surface area (Å²) in [5, 5.41) is 22.2. The first-order valence-electron chi connectivity index (χ1n) is 8.27. The number of nitriles is 1. The van der Waals surface area contributed by atoms with Crippen molar-refractivity contribution in [2.45, 2.75) is 19.4 Å². The first-order chi connectivity index (χ1) is 12.5. The maximum Gasteiger partial charge on any atom is 0.148 e. The van der Waals surface area contributed by atoms with Gasteiger partial charge in [-0.15, -0.1) is 0 Å². The largest absolute Gasteiger partial charge is 0.496 e. The number of aromatic nitrogens is 1. The normalized spacial score (nSPS) is 13.7. The van der Waals surface area contributed by atoms with Gasteiger partial charge in [0.15, 0.2) is 0 Å². The quantitative estimate of drug-likeness (QED) is 0.577. The third-order valence-electron chi connectivity index (χ3n) is 4.84. The average molecular weight is 346 g/mol. The molecule has 2 N–H and O–H groups in total. The molecule has 0 aliphatic heterocycles. The lowest BCUT2D eigenvalue weighted by atomic mass is 9.88. The second kappa shape index (κ2) is 5.65. The first-order valence-corrected chi connectivity index (χ1v) is 8.27. The summed E-state index contributed by atoms with van der Waals surface area (Å²) in [4.78, 5) is 3.21. The van der Waals surface area contributed by atoms with Gasteiger partial charge in [0, 0.05) is 28.0 Å². The minimum Gasteiger partial charge on any atom is -0.496 e. The smallest absolute Gasteiger partial charge is 0.148 e. The molecule has 0 saturated carbocycles. The van der Waals surface area contributed by atoms with Crippen LogP contribution >= 0.6 is 0 Å². The highest BCUT2D eigenvalue weighted by Gasteiger charge is 2.35. The summed E-state index contributed by atoms with van der Waals surface area (Å²) in [6.45, 7) is 3.68. The molecule has 0 aliphatic rings. The van der Waals surface area contributed by atoms with Crippen LogP contribution in [-0.4, -0.2) is 17.2 Å². The molecule has 5 heteroatoms. The molecule has 4 aromatic rings. The first kappa shape index (κ1) is 16.2. The summed E-state index contributed by atoms with van der Waals surface area (Å²) in [6, 6.07) is 12.9. The van der Waals surface area contributed by atoms with E-state index in [1.54, 1.807) is 38.3 Å². The molecular formula is C21H18N2O3. The van der Waals surface area contributed by atoms with Gasteiger partial charge in [0.25, 0.3) is 0 Å². The Morgan fingerprint density at radius 3 is 2.77 bits per heavy atom. The minimum absolute atomic E-state index is 0.396. The van der Waals surface area contributed by atoms with Gasteiger partial charge >= 0.3 is 0 Å². The number of fused-ring (bicyclic) bond motifs is 2. The van der Waals surface area contributed by atoms with E-state index >= 15 is 0 Å². The number of benzene rings is 2. The highest BCUT2D eigenvalue weighted by molar-refractivity contribution is 5.90. The Morgan fingerprint density at radius 1 is 1.23 bits per heavy atom. The van der Waals surface area contributed by atoms with Crippen LogP contribution in [0.2, 0.25) is 0 Å². The molecular weight excluding hydrogens is 328 g/mol. The van der Waals surface area contributed by atoms with E-state index in [0.29, 0.717) is 28.2 Å². The SMILES string of the molecule is COc1cc(C)c2[nH]ccc2c1C(C)(O)c1cc2cc(C#N)ccc2o1. The number of aromatic amines is 1. The lowest BCUT2D eigenvalue weighted by molar-refractivity contribution is 0.0774. The number of methoxy groups -OCH3 is 1. The molecule has 0 spiro atoms. The number of furan rings is 1. The van der Waals surface area contributed by atoms with Crippen molar-refractivity contribution in [1.82, 2.24) is 4.98 Å². The van der Waals surface area contributed by atoms with E-state index in [1.807, 2.05) is 25.3 Å². The minimum atomic E-state index is -1.41. The Hall–Kier alpha value is -3.23. The molecule has 2 aromatic carbocycles. The third kappa shape index (κ3) is 2.27. The predicted octanol–water partition coefficient (Wildman–Crippen LogP) is 4.36. The summed E-state index contributed by atoms with van der Waals surface area (Å²) < 4.78 is 11.5. The van der Waals surface area contributed by atoms with Crippen LogP contribution in [0.4, 0.5) is 0 Å². The fourth-order valence-corrected chi connectivity index (χ4v) is 3.52. The predicted molar refractivity (Wildman–Crippen MR) is 99.2 cm³/mol. The monoisotopic (exact) mass is 346 g/mol. The molecule has 2 aromatic heterocycles. The molecule has 0 fully saturated rings. The van der Waals surface area contributed by atoms with Crippen molar-refractivity contribution in [3.63, 3.8) is 0 Å². The van der Waals surface area contributed by atoms with Gasteiger partial charge in [0.05, 0.1) is 18.7 Å². The van der Waals surface area contributed by atoms with Crippen molar-refractivity contribution >= 4 is 21.9 Å². The van der Waals surface area contributed by atoms with Gasteiger partial charge < -0.3 is 19.2 Å². The Labute approximate surface area is 150 Å². The number of nitrogens with one attached hydrogen (secondary N) is 1. The summed E-state index contributed by atoms with van der Waals surface area (Å²) in [5.74, 6) is 0.991. The molecule has 0 aliphatic carbocycles. The van der Waals surface area contributed by atoms with Crippen LogP contribution in [0.3, 0.4) is 0 Å². The van der Waals surface area contributed by atoms with Gasteiger partial charge in [-0.1, -0.05) is 0 Å². The zero-order valence-electron chi connectivity index (χ0n) is 14.8. The molecule has 0 saturated heterocycles. The van der Waals surface area contributed by atoms with Gasteiger partial charge in [0.1, 0.15) is 22.7 Å². The van der Waals surface area contributed by atoms with Crippen molar-refractivity contribution in [2.24, 2.45) is 0 Å². The van der Waals surface area contributed by atoms with E-state index in [2.05, 4.69) is 11.1 Å². The van der Waals surface area contributed by atoms with Crippen LogP contribution in [0.5, 0.6) is 5.75 Å². The topological polar surface area (TPSA) is 82.2 Å². The number of H-pyrrole nitrogens is 1. The summed E-state index contributed by atoms with van der Waals surface area (Å²) in [5.41, 5.74) is 2.38. The second-order valence-corrected chi connectivity index (χ2v) is 6.58. The maximum atomic E-state index is 11.5. The number of nitrogens with zero attached hydrogens (tertiary/aromatic N) is 1. The molecule has 1 unspecified atom stereocenters. The molecule has 0 bridgehead atoms. The fourth-order valence-electron chi connectivity index (χ4n) is 3.52. The Balaban J connectivity index is 1.97. The van der Waals surface area contributed by atoms with Crippen LogP contribution < -0.4 is 4.74 Å².